The maximum absolute atomic E-state index is 6.60. The van der Waals surface area contributed by atoms with Gasteiger partial charge in [-0.3, -0.25) is 4.57 Å². The minimum Gasteiger partial charge on any atom is -0.456 e. The van der Waals surface area contributed by atoms with Crippen LogP contribution in [0.5, 0.6) is 0 Å². The van der Waals surface area contributed by atoms with Crippen molar-refractivity contribution < 1.29 is 4.42 Å². The predicted octanol–water partition coefficient (Wildman–Crippen LogP) is 14.6. The van der Waals surface area contributed by atoms with Gasteiger partial charge in [0.25, 0.3) is 0 Å². The van der Waals surface area contributed by atoms with Gasteiger partial charge in [-0.15, -0.1) is 0 Å². The minimum atomic E-state index is 0.529. The van der Waals surface area contributed by atoms with Crippen LogP contribution < -0.4 is 0 Å². The second-order valence-electron chi connectivity index (χ2n) is 16.0. The molecular formula is C57H35N5O. The first kappa shape index (κ1) is 35.2. The van der Waals surface area contributed by atoms with Gasteiger partial charge in [-0.2, -0.15) is 9.97 Å². The summed E-state index contributed by atoms with van der Waals surface area (Å²) in [5, 5.41) is 6.67. The highest BCUT2D eigenvalue weighted by Crippen LogP contribution is 2.44. The van der Waals surface area contributed by atoms with Crippen molar-refractivity contribution in [1.82, 2.24) is 24.1 Å². The lowest BCUT2D eigenvalue weighted by atomic mass is 9.99. The molecule has 0 unspecified atom stereocenters. The Morgan fingerprint density at radius 2 is 0.857 bits per heavy atom. The van der Waals surface area contributed by atoms with E-state index in [0.29, 0.717) is 17.6 Å². The number of aromatic nitrogens is 5. The molecule has 0 radical (unpaired) electrons. The number of hydrogen-bond acceptors (Lipinski definition) is 4. The monoisotopic (exact) mass is 805 g/mol. The summed E-state index contributed by atoms with van der Waals surface area (Å²) >= 11 is 0. The van der Waals surface area contributed by atoms with Crippen molar-refractivity contribution in [1.29, 1.82) is 0 Å². The van der Waals surface area contributed by atoms with Crippen molar-refractivity contribution in [3.63, 3.8) is 0 Å². The van der Waals surface area contributed by atoms with Crippen molar-refractivity contribution in [3.05, 3.63) is 212 Å². The molecule has 0 spiro atoms. The van der Waals surface area contributed by atoms with Gasteiger partial charge in [0.05, 0.1) is 27.8 Å². The number of benzene rings is 9. The molecule has 0 saturated heterocycles. The summed E-state index contributed by atoms with van der Waals surface area (Å²) in [6.45, 7) is 0. The van der Waals surface area contributed by atoms with E-state index in [4.69, 9.17) is 19.4 Å². The van der Waals surface area contributed by atoms with Crippen molar-refractivity contribution in [3.8, 4) is 56.7 Å². The van der Waals surface area contributed by atoms with Crippen molar-refractivity contribution in [2.75, 3.05) is 0 Å². The first-order valence-corrected chi connectivity index (χ1v) is 21.2. The van der Waals surface area contributed by atoms with Gasteiger partial charge in [0.1, 0.15) is 11.2 Å². The molecule has 0 fully saturated rings. The summed E-state index contributed by atoms with van der Waals surface area (Å²) < 4.78 is 11.3. The molecule has 0 saturated carbocycles. The smallest absolute Gasteiger partial charge is 0.238 e. The summed E-state index contributed by atoms with van der Waals surface area (Å²) in [5.74, 6) is 1.67. The molecule has 63 heavy (non-hydrogen) atoms. The fourth-order valence-corrected chi connectivity index (χ4v) is 9.62. The summed E-state index contributed by atoms with van der Waals surface area (Å²) in [6.07, 6.45) is 0. The second kappa shape index (κ2) is 14.0. The molecule has 13 rings (SSSR count). The largest absolute Gasteiger partial charge is 0.456 e. The van der Waals surface area contributed by atoms with E-state index in [1.807, 2.05) is 30.3 Å². The van der Waals surface area contributed by atoms with Crippen LogP contribution >= 0.6 is 0 Å². The molecule has 0 aliphatic carbocycles. The highest BCUT2D eigenvalue weighted by molar-refractivity contribution is 6.24. The van der Waals surface area contributed by atoms with Crippen LogP contribution in [0.2, 0.25) is 0 Å². The van der Waals surface area contributed by atoms with Gasteiger partial charge < -0.3 is 8.98 Å². The number of hydrogen-bond donors (Lipinski definition) is 0. The molecular weight excluding hydrogens is 771 g/mol. The summed E-state index contributed by atoms with van der Waals surface area (Å²) in [5.41, 5.74) is 13.2. The van der Waals surface area contributed by atoms with Crippen LogP contribution in [0.1, 0.15) is 0 Å². The number of rotatable bonds is 6. The van der Waals surface area contributed by atoms with Gasteiger partial charge in [-0.25, -0.2) is 4.98 Å². The van der Waals surface area contributed by atoms with Crippen LogP contribution in [0.3, 0.4) is 0 Å². The first-order valence-electron chi connectivity index (χ1n) is 21.2. The number of furan rings is 1. The van der Waals surface area contributed by atoms with Crippen LogP contribution in [0.15, 0.2) is 217 Å². The third-order valence-electron chi connectivity index (χ3n) is 12.4. The van der Waals surface area contributed by atoms with Crippen LogP contribution in [-0.2, 0) is 0 Å². The van der Waals surface area contributed by atoms with Gasteiger partial charge >= 0.3 is 0 Å². The Morgan fingerprint density at radius 3 is 1.56 bits per heavy atom. The second-order valence-corrected chi connectivity index (χ2v) is 16.0. The van der Waals surface area contributed by atoms with E-state index < -0.39 is 0 Å². The quantitative estimate of drug-likeness (QED) is 0.168. The summed E-state index contributed by atoms with van der Waals surface area (Å²) in [7, 11) is 0. The highest BCUT2D eigenvalue weighted by Gasteiger charge is 2.25. The van der Waals surface area contributed by atoms with Crippen LogP contribution in [0.4, 0.5) is 0 Å². The average molecular weight is 806 g/mol. The number of para-hydroxylation sites is 3. The topological polar surface area (TPSA) is 61.7 Å². The fourth-order valence-electron chi connectivity index (χ4n) is 9.62. The van der Waals surface area contributed by atoms with Gasteiger partial charge in [-0.05, 0) is 53.1 Å². The molecule has 0 aliphatic heterocycles. The molecule has 13 aromatic rings. The van der Waals surface area contributed by atoms with Crippen molar-refractivity contribution in [2.24, 2.45) is 0 Å². The van der Waals surface area contributed by atoms with Crippen molar-refractivity contribution in [2.45, 2.75) is 0 Å². The van der Waals surface area contributed by atoms with E-state index in [1.54, 1.807) is 0 Å². The van der Waals surface area contributed by atoms with E-state index in [2.05, 4.69) is 191 Å². The molecule has 0 bridgehead atoms. The van der Waals surface area contributed by atoms with Gasteiger partial charge in [0.2, 0.25) is 5.95 Å². The third-order valence-corrected chi connectivity index (χ3v) is 12.4. The maximum Gasteiger partial charge on any atom is 0.238 e. The highest BCUT2D eigenvalue weighted by atomic mass is 16.3. The van der Waals surface area contributed by atoms with Gasteiger partial charge in [-0.1, -0.05) is 176 Å². The normalized spacial score (nSPS) is 11.8. The van der Waals surface area contributed by atoms with Crippen molar-refractivity contribution >= 4 is 65.6 Å². The standard InChI is InChI=1S/C57H35N5O/c1-4-17-36(18-5-1)40-23-10-13-27-47(40)61-48-28-14-11-24-42(48)44-33-34-45-43-25-12-15-29-49(43)62(54(45)53(44)61)57-59-55(38-21-8-3-9-22-38)58-56(60-57)39-31-32-46-51(35-39)63-50-30-16-26-41(52(46)50)37-19-6-2-7-20-37/h1-35H. The Balaban J connectivity index is 1.11. The first-order chi connectivity index (χ1) is 31.3. The van der Waals surface area contributed by atoms with Gasteiger partial charge in [0.15, 0.2) is 11.6 Å². The third kappa shape index (κ3) is 5.48. The average Bonchev–Trinajstić information content (AvgIpc) is 4.02. The molecule has 0 amide bonds. The van der Waals surface area contributed by atoms with E-state index >= 15 is 0 Å². The molecule has 6 heteroatoms. The maximum atomic E-state index is 6.60. The molecule has 294 valence electrons. The zero-order valence-electron chi connectivity index (χ0n) is 33.9. The zero-order chi connectivity index (χ0) is 41.4. The Labute approximate surface area is 361 Å². The lowest BCUT2D eigenvalue weighted by Crippen LogP contribution is -2.07. The van der Waals surface area contributed by atoms with Crippen LogP contribution in [0.25, 0.3) is 122 Å². The fraction of sp³-hybridized carbons (Fsp3) is 0. The van der Waals surface area contributed by atoms with E-state index in [-0.39, 0.29) is 0 Å². The minimum absolute atomic E-state index is 0.529. The molecule has 0 aliphatic rings. The zero-order valence-corrected chi connectivity index (χ0v) is 33.9. The lowest BCUT2D eigenvalue weighted by molar-refractivity contribution is 0.669. The predicted molar refractivity (Wildman–Crippen MR) is 258 cm³/mol. The Bertz CT molecular complexity index is 3900. The number of nitrogens with zero attached hydrogens (tertiary/aromatic N) is 5. The van der Waals surface area contributed by atoms with E-state index in [9.17, 15) is 0 Å². The summed E-state index contributed by atoms with van der Waals surface area (Å²) in [4.78, 5) is 16.0. The molecule has 6 nitrogen and oxygen atoms in total. The molecule has 0 atom stereocenters. The summed E-state index contributed by atoms with van der Waals surface area (Å²) in [6, 6.07) is 74.3. The lowest BCUT2D eigenvalue weighted by Gasteiger charge is -2.16. The Hall–Kier alpha value is -8.61. The Kier molecular flexibility index (Phi) is 7.80. The van der Waals surface area contributed by atoms with Crippen LogP contribution in [0, 0.1) is 0 Å². The van der Waals surface area contributed by atoms with Gasteiger partial charge in [0, 0.05) is 49.0 Å². The Morgan fingerprint density at radius 1 is 0.333 bits per heavy atom. The molecule has 4 aromatic heterocycles. The SMILES string of the molecule is c1ccc(-c2nc(-c3ccc4c(c3)oc3cccc(-c5ccccc5)c34)nc(-n3c4ccccc4c4ccc5c6ccccc6n(-c6ccccc6-c6ccccc6)c5c43)n2)cc1. The molecule has 0 N–H and O–H groups in total. The van der Waals surface area contributed by atoms with E-state index in [1.165, 1.54) is 5.39 Å². The molecule has 9 aromatic carbocycles. The number of fused-ring (bicyclic) bond motifs is 10. The van der Waals surface area contributed by atoms with E-state index in [0.717, 1.165) is 99.2 Å². The molecule has 4 heterocycles. The van der Waals surface area contributed by atoms with Crippen LogP contribution in [-0.4, -0.2) is 24.1 Å².